The summed E-state index contributed by atoms with van der Waals surface area (Å²) in [6, 6.07) is 5.72. The van der Waals surface area contributed by atoms with Gasteiger partial charge in [0, 0.05) is 30.2 Å². The van der Waals surface area contributed by atoms with Crippen LogP contribution in [0.1, 0.15) is 12.0 Å². The summed E-state index contributed by atoms with van der Waals surface area (Å²) in [4.78, 5) is 2.37. The fourth-order valence-corrected chi connectivity index (χ4v) is 3.35. The Labute approximate surface area is 105 Å². The zero-order valence-corrected chi connectivity index (χ0v) is 10.4. The monoisotopic (exact) mass is 242 g/mol. The third-order valence-electron chi connectivity index (χ3n) is 4.24. The Bertz CT molecular complexity index is 668. The predicted molar refractivity (Wildman–Crippen MR) is 70.9 cm³/mol. The molecule has 0 radical (unpaired) electrons. The van der Waals surface area contributed by atoms with Crippen LogP contribution in [0.15, 0.2) is 30.5 Å². The summed E-state index contributed by atoms with van der Waals surface area (Å²) in [5.41, 5.74) is 3.58. The van der Waals surface area contributed by atoms with Gasteiger partial charge >= 0.3 is 0 Å². The van der Waals surface area contributed by atoms with Crippen molar-refractivity contribution >= 4 is 16.5 Å². The number of benzene rings is 1. The van der Waals surface area contributed by atoms with Crippen LogP contribution in [0.4, 0.5) is 4.39 Å². The first-order valence-electron chi connectivity index (χ1n) is 6.43. The average Bonchev–Trinajstić information content (AvgIpc) is 2.75. The van der Waals surface area contributed by atoms with Crippen LogP contribution >= 0.6 is 0 Å². The van der Waals surface area contributed by atoms with Gasteiger partial charge in [0.2, 0.25) is 0 Å². The van der Waals surface area contributed by atoms with E-state index >= 15 is 0 Å². The summed E-state index contributed by atoms with van der Waals surface area (Å²) in [5.74, 6) is -0.134. The van der Waals surface area contributed by atoms with Crippen LogP contribution in [0.2, 0.25) is 0 Å². The number of hydrogen-bond acceptors (Lipinski definition) is 1. The Hall–Kier alpha value is -1.61. The van der Waals surface area contributed by atoms with E-state index in [4.69, 9.17) is 0 Å². The third kappa shape index (κ3) is 1.25. The molecule has 2 aliphatic rings. The highest BCUT2D eigenvalue weighted by Crippen LogP contribution is 2.37. The van der Waals surface area contributed by atoms with Crippen molar-refractivity contribution in [2.75, 3.05) is 13.6 Å². The van der Waals surface area contributed by atoms with Crippen molar-refractivity contribution < 1.29 is 4.39 Å². The van der Waals surface area contributed by atoms with Gasteiger partial charge in [0.25, 0.3) is 0 Å². The zero-order chi connectivity index (χ0) is 12.3. The number of nitrogens with zero attached hydrogens (tertiary/aromatic N) is 2. The lowest BCUT2D eigenvalue weighted by Crippen LogP contribution is -2.41. The molecular weight excluding hydrogens is 227 g/mol. The van der Waals surface area contributed by atoms with Crippen LogP contribution in [-0.2, 0) is 6.54 Å². The normalized spacial score (nSPS) is 23.0. The number of rotatable bonds is 0. The summed E-state index contributed by atoms with van der Waals surface area (Å²) in [5, 5.41) is 1.01. The van der Waals surface area contributed by atoms with Gasteiger partial charge in [-0.05, 0) is 37.2 Å². The summed E-state index contributed by atoms with van der Waals surface area (Å²) >= 11 is 0. The molecule has 3 heteroatoms. The molecule has 18 heavy (non-hydrogen) atoms. The molecule has 0 N–H and O–H groups in total. The van der Waals surface area contributed by atoms with Crippen LogP contribution in [0.25, 0.3) is 16.5 Å². The molecule has 92 valence electrons. The van der Waals surface area contributed by atoms with E-state index in [0.29, 0.717) is 6.04 Å². The lowest BCUT2D eigenvalue weighted by Gasteiger charge is -2.37. The van der Waals surface area contributed by atoms with Gasteiger partial charge in [0.1, 0.15) is 5.82 Å². The minimum absolute atomic E-state index is 0.134. The van der Waals surface area contributed by atoms with Gasteiger partial charge in [-0.2, -0.15) is 0 Å². The van der Waals surface area contributed by atoms with E-state index in [0.717, 1.165) is 30.5 Å². The second-order valence-corrected chi connectivity index (χ2v) is 5.30. The molecule has 0 fully saturated rings. The quantitative estimate of drug-likeness (QED) is 0.689. The van der Waals surface area contributed by atoms with Gasteiger partial charge in [0.15, 0.2) is 0 Å². The van der Waals surface area contributed by atoms with Crippen LogP contribution < -0.4 is 0 Å². The molecule has 1 aromatic carbocycles. The lowest BCUT2D eigenvalue weighted by molar-refractivity contribution is 0.260. The number of halogens is 1. The van der Waals surface area contributed by atoms with E-state index in [1.165, 1.54) is 11.1 Å². The van der Waals surface area contributed by atoms with Gasteiger partial charge in [-0.25, -0.2) is 4.39 Å². The summed E-state index contributed by atoms with van der Waals surface area (Å²) < 4.78 is 16.0. The molecule has 1 atom stereocenters. The van der Waals surface area contributed by atoms with Crippen molar-refractivity contribution in [3.63, 3.8) is 0 Å². The predicted octanol–water partition coefficient (Wildman–Crippen LogP) is 2.88. The summed E-state index contributed by atoms with van der Waals surface area (Å²) in [7, 11) is 2.16. The highest BCUT2D eigenvalue weighted by atomic mass is 19.1. The smallest absolute Gasteiger partial charge is 0.124 e. The molecule has 0 spiro atoms. The summed E-state index contributed by atoms with van der Waals surface area (Å²) in [6.07, 6.45) is 5.42. The van der Waals surface area contributed by atoms with Crippen LogP contribution in [0, 0.1) is 5.82 Å². The zero-order valence-electron chi connectivity index (χ0n) is 10.4. The third-order valence-corrected chi connectivity index (χ3v) is 4.24. The second kappa shape index (κ2) is 3.45. The van der Waals surface area contributed by atoms with E-state index in [-0.39, 0.29) is 5.82 Å². The SMILES string of the molecule is CN1CCC=C2c3cc(F)cc4ccn(c34)C[C@@H]21. The molecule has 3 heterocycles. The van der Waals surface area contributed by atoms with Crippen molar-refractivity contribution in [3.05, 3.63) is 41.9 Å². The van der Waals surface area contributed by atoms with Gasteiger partial charge in [-0.15, -0.1) is 0 Å². The van der Waals surface area contributed by atoms with Crippen LogP contribution in [0.3, 0.4) is 0 Å². The fourth-order valence-electron chi connectivity index (χ4n) is 3.35. The standard InChI is InChI=1S/C15H15FN2/c1-17-5-2-3-12-13-8-11(16)7-10-4-6-18(15(10)13)9-14(12)17/h3-4,6-8,14H,2,5,9H2,1H3/t14-/m0/s1. The maximum Gasteiger partial charge on any atom is 0.124 e. The van der Waals surface area contributed by atoms with Gasteiger partial charge in [-0.3, -0.25) is 4.90 Å². The van der Waals surface area contributed by atoms with E-state index < -0.39 is 0 Å². The van der Waals surface area contributed by atoms with Crippen LogP contribution in [-0.4, -0.2) is 29.1 Å². The van der Waals surface area contributed by atoms with E-state index in [2.05, 4.69) is 28.8 Å². The van der Waals surface area contributed by atoms with Gasteiger partial charge in [0.05, 0.1) is 11.6 Å². The van der Waals surface area contributed by atoms with Crippen molar-refractivity contribution in [2.24, 2.45) is 0 Å². The van der Waals surface area contributed by atoms with Crippen molar-refractivity contribution in [1.82, 2.24) is 9.47 Å². The first-order chi connectivity index (χ1) is 8.74. The van der Waals surface area contributed by atoms with E-state index in [9.17, 15) is 4.39 Å². The summed E-state index contributed by atoms with van der Waals surface area (Å²) in [6.45, 7) is 2.06. The molecule has 0 saturated carbocycles. The first kappa shape index (κ1) is 10.3. The number of likely N-dealkylation sites (N-methyl/N-ethyl adjacent to an activating group) is 1. The molecule has 0 amide bonds. The fraction of sp³-hybridized carbons (Fsp3) is 0.333. The minimum Gasteiger partial charge on any atom is -0.345 e. The number of aromatic nitrogens is 1. The number of hydrogen-bond donors (Lipinski definition) is 0. The highest BCUT2D eigenvalue weighted by Gasteiger charge is 2.30. The van der Waals surface area contributed by atoms with Crippen molar-refractivity contribution in [3.8, 4) is 0 Å². The Morgan fingerprint density at radius 3 is 3.11 bits per heavy atom. The molecule has 1 aromatic heterocycles. The molecule has 0 unspecified atom stereocenters. The molecular formula is C15H15FN2. The van der Waals surface area contributed by atoms with Crippen molar-refractivity contribution in [2.45, 2.75) is 19.0 Å². The van der Waals surface area contributed by atoms with Gasteiger partial charge in [-0.1, -0.05) is 6.08 Å². The van der Waals surface area contributed by atoms with Crippen LogP contribution in [0.5, 0.6) is 0 Å². The molecule has 2 nitrogen and oxygen atoms in total. The largest absolute Gasteiger partial charge is 0.345 e. The topological polar surface area (TPSA) is 8.17 Å². The Kier molecular flexibility index (Phi) is 1.98. The Morgan fingerprint density at radius 2 is 2.22 bits per heavy atom. The average molecular weight is 242 g/mol. The molecule has 4 rings (SSSR count). The maximum absolute atomic E-state index is 13.7. The minimum atomic E-state index is -0.134. The molecule has 0 saturated heterocycles. The van der Waals surface area contributed by atoms with Gasteiger partial charge < -0.3 is 4.57 Å². The molecule has 0 aliphatic carbocycles. The maximum atomic E-state index is 13.7. The highest BCUT2D eigenvalue weighted by molar-refractivity contribution is 5.94. The molecule has 2 aliphatic heterocycles. The second-order valence-electron chi connectivity index (χ2n) is 5.30. The Morgan fingerprint density at radius 1 is 1.33 bits per heavy atom. The first-order valence-corrected chi connectivity index (χ1v) is 6.43. The van der Waals surface area contributed by atoms with Crippen molar-refractivity contribution in [1.29, 1.82) is 0 Å². The lowest BCUT2D eigenvalue weighted by atomic mass is 9.89. The molecule has 2 aromatic rings. The number of fused-ring (bicyclic) bond motifs is 2. The van der Waals surface area contributed by atoms with E-state index in [1.807, 2.05) is 6.07 Å². The molecule has 0 bridgehead atoms. The Balaban J connectivity index is 2.05. The van der Waals surface area contributed by atoms with E-state index in [1.54, 1.807) is 12.1 Å².